The molecule has 2 nitrogen and oxygen atoms in total. The summed E-state index contributed by atoms with van der Waals surface area (Å²) in [6.45, 7) is 2.00. The molecule has 1 aliphatic carbocycles. The first-order valence-corrected chi connectivity index (χ1v) is 10.3. The monoisotopic (exact) mass is 389 g/mol. The lowest BCUT2D eigenvalue weighted by Crippen LogP contribution is -2.38. The van der Waals surface area contributed by atoms with Crippen LogP contribution < -0.4 is 5.32 Å². The predicted octanol–water partition coefficient (Wildman–Crippen LogP) is 6.20. The second-order valence-corrected chi connectivity index (χ2v) is 8.02. The van der Waals surface area contributed by atoms with Crippen molar-refractivity contribution in [3.05, 3.63) is 125 Å². The lowest BCUT2D eigenvalue weighted by Gasteiger charge is -2.29. The number of hydrogen-bond acceptors (Lipinski definition) is 1. The summed E-state index contributed by atoms with van der Waals surface area (Å²) in [4.78, 5) is 13.6. The van der Waals surface area contributed by atoms with Gasteiger partial charge in [-0.15, -0.1) is 0 Å². The summed E-state index contributed by atoms with van der Waals surface area (Å²) >= 11 is 0. The molecule has 0 bridgehead atoms. The van der Waals surface area contributed by atoms with Crippen molar-refractivity contribution in [3.63, 3.8) is 0 Å². The molecule has 0 saturated heterocycles. The number of anilines is 1. The first-order valence-electron chi connectivity index (χ1n) is 10.3. The first-order chi connectivity index (χ1) is 14.7. The molecule has 146 valence electrons. The van der Waals surface area contributed by atoms with E-state index in [-0.39, 0.29) is 5.91 Å². The van der Waals surface area contributed by atoms with Crippen LogP contribution in [-0.4, -0.2) is 5.91 Å². The van der Waals surface area contributed by atoms with Crippen LogP contribution >= 0.6 is 0 Å². The van der Waals surface area contributed by atoms with Crippen LogP contribution in [0.25, 0.3) is 11.1 Å². The molecule has 30 heavy (non-hydrogen) atoms. The van der Waals surface area contributed by atoms with E-state index in [9.17, 15) is 4.79 Å². The van der Waals surface area contributed by atoms with E-state index in [1.165, 1.54) is 22.3 Å². The minimum absolute atomic E-state index is 0.0321. The average molecular weight is 389 g/mol. The molecule has 0 saturated carbocycles. The molecule has 1 N–H and O–H groups in total. The zero-order chi connectivity index (χ0) is 20.6. The summed E-state index contributed by atoms with van der Waals surface area (Å²) in [6, 6.07) is 34.7. The molecule has 5 rings (SSSR count). The Morgan fingerprint density at radius 1 is 0.700 bits per heavy atom. The molecule has 0 spiro atoms. The number of carbonyl (C=O) groups is 1. The van der Waals surface area contributed by atoms with Crippen LogP contribution in [0.3, 0.4) is 0 Å². The number of benzene rings is 4. The molecular formula is C28H23NO. The maximum absolute atomic E-state index is 13.6. The van der Waals surface area contributed by atoms with Crippen LogP contribution in [0.15, 0.2) is 103 Å². The van der Waals surface area contributed by atoms with Gasteiger partial charge >= 0.3 is 0 Å². The van der Waals surface area contributed by atoms with Crippen LogP contribution in [0.4, 0.5) is 5.69 Å². The van der Waals surface area contributed by atoms with E-state index in [0.29, 0.717) is 0 Å². The first kappa shape index (κ1) is 18.4. The van der Waals surface area contributed by atoms with Crippen molar-refractivity contribution in [2.45, 2.75) is 18.8 Å². The lowest BCUT2D eigenvalue weighted by molar-refractivity contribution is -0.119. The lowest BCUT2D eigenvalue weighted by atomic mass is 9.75. The fourth-order valence-corrected chi connectivity index (χ4v) is 4.45. The third kappa shape index (κ3) is 3.02. The number of fused-ring (bicyclic) bond motifs is 3. The standard InChI is InChI=1S/C28H23NO/c1-28(22-11-4-2-5-12-22,23-13-6-3-7-14-23)27(30)29-24-16-17-26-21(19-24)18-20-10-8-9-15-25(20)26/h2-17,19H,18H2,1H3,(H,29,30). The molecule has 0 aliphatic heterocycles. The van der Waals surface area contributed by atoms with Crippen LogP contribution in [0.1, 0.15) is 29.2 Å². The number of carbonyl (C=O) groups excluding carboxylic acids is 1. The Balaban J connectivity index is 1.50. The van der Waals surface area contributed by atoms with Gasteiger partial charge in [-0.2, -0.15) is 0 Å². The molecule has 4 aromatic rings. The zero-order valence-electron chi connectivity index (χ0n) is 16.9. The zero-order valence-corrected chi connectivity index (χ0v) is 16.9. The second kappa shape index (κ2) is 7.31. The molecule has 0 fully saturated rings. The van der Waals surface area contributed by atoms with Crippen molar-refractivity contribution in [1.29, 1.82) is 0 Å². The number of amides is 1. The number of hydrogen-bond donors (Lipinski definition) is 1. The second-order valence-electron chi connectivity index (χ2n) is 8.02. The molecule has 0 radical (unpaired) electrons. The van der Waals surface area contributed by atoms with Gasteiger partial charge in [0.25, 0.3) is 0 Å². The van der Waals surface area contributed by atoms with Gasteiger partial charge in [-0.1, -0.05) is 91.0 Å². The van der Waals surface area contributed by atoms with E-state index >= 15 is 0 Å². The van der Waals surface area contributed by atoms with Crippen molar-refractivity contribution in [2.24, 2.45) is 0 Å². The highest BCUT2D eigenvalue weighted by molar-refractivity contribution is 6.02. The van der Waals surface area contributed by atoms with Gasteiger partial charge in [-0.25, -0.2) is 0 Å². The molecule has 0 atom stereocenters. The summed E-state index contributed by atoms with van der Waals surface area (Å²) in [7, 11) is 0. The van der Waals surface area contributed by atoms with Crippen LogP contribution in [0.2, 0.25) is 0 Å². The van der Waals surface area contributed by atoms with Crippen molar-refractivity contribution < 1.29 is 4.79 Å². The number of nitrogens with one attached hydrogen (secondary N) is 1. The van der Waals surface area contributed by atoms with Gasteiger partial charge in [-0.3, -0.25) is 4.79 Å². The molecule has 0 unspecified atom stereocenters. The Morgan fingerprint density at radius 3 is 1.93 bits per heavy atom. The predicted molar refractivity (Wildman–Crippen MR) is 123 cm³/mol. The summed E-state index contributed by atoms with van der Waals surface area (Å²) in [5.41, 5.74) is 7.16. The minimum Gasteiger partial charge on any atom is -0.325 e. The van der Waals surface area contributed by atoms with Crippen molar-refractivity contribution >= 4 is 11.6 Å². The van der Waals surface area contributed by atoms with E-state index in [1.807, 2.05) is 73.7 Å². The van der Waals surface area contributed by atoms with Gasteiger partial charge in [0.05, 0.1) is 5.41 Å². The average Bonchev–Trinajstić information content (AvgIpc) is 3.17. The number of rotatable bonds is 4. The summed E-state index contributed by atoms with van der Waals surface area (Å²) in [5, 5.41) is 3.20. The summed E-state index contributed by atoms with van der Waals surface area (Å²) < 4.78 is 0. The highest BCUT2D eigenvalue weighted by Crippen LogP contribution is 2.38. The van der Waals surface area contributed by atoms with Gasteiger partial charge < -0.3 is 5.32 Å². The van der Waals surface area contributed by atoms with E-state index < -0.39 is 5.41 Å². The third-order valence-corrected chi connectivity index (χ3v) is 6.21. The third-order valence-electron chi connectivity index (χ3n) is 6.21. The molecule has 0 aromatic heterocycles. The Hall–Kier alpha value is -3.65. The van der Waals surface area contributed by atoms with Crippen molar-refractivity contribution in [1.82, 2.24) is 0 Å². The molecule has 2 heteroatoms. The molecular weight excluding hydrogens is 366 g/mol. The van der Waals surface area contributed by atoms with Gasteiger partial charge in [0.1, 0.15) is 0 Å². The quantitative estimate of drug-likeness (QED) is 0.389. The van der Waals surface area contributed by atoms with Crippen molar-refractivity contribution in [3.8, 4) is 11.1 Å². The van der Waals surface area contributed by atoms with Crippen molar-refractivity contribution in [2.75, 3.05) is 5.32 Å². The smallest absolute Gasteiger partial charge is 0.239 e. The normalized spacial score (nSPS) is 12.2. The van der Waals surface area contributed by atoms with Crippen LogP contribution in [0.5, 0.6) is 0 Å². The SMILES string of the molecule is CC(C(=O)Nc1ccc2c(c1)Cc1ccccc1-2)(c1ccccc1)c1ccccc1. The summed E-state index contributed by atoms with van der Waals surface area (Å²) in [6.07, 6.45) is 0.907. The van der Waals surface area contributed by atoms with Crippen LogP contribution in [0, 0.1) is 0 Å². The molecule has 1 aliphatic rings. The van der Waals surface area contributed by atoms with Gasteiger partial charge in [0, 0.05) is 5.69 Å². The van der Waals surface area contributed by atoms with Gasteiger partial charge in [0.2, 0.25) is 5.91 Å². The Morgan fingerprint density at radius 2 is 1.27 bits per heavy atom. The van der Waals surface area contributed by atoms with E-state index in [0.717, 1.165) is 23.2 Å². The molecule has 1 amide bonds. The van der Waals surface area contributed by atoms with E-state index in [4.69, 9.17) is 0 Å². The maximum atomic E-state index is 13.6. The van der Waals surface area contributed by atoms with Gasteiger partial charge in [-0.05, 0) is 58.9 Å². The Bertz CT molecular complexity index is 1170. The largest absolute Gasteiger partial charge is 0.325 e. The Labute approximate surface area is 177 Å². The topological polar surface area (TPSA) is 29.1 Å². The maximum Gasteiger partial charge on any atom is 0.239 e. The van der Waals surface area contributed by atoms with Gasteiger partial charge in [0.15, 0.2) is 0 Å². The van der Waals surface area contributed by atoms with E-state index in [1.54, 1.807) is 0 Å². The summed E-state index contributed by atoms with van der Waals surface area (Å²) in [5.74, 6) is -0.0321. The molecule has 0 heterocycles. The Kier molecular flexibility index (Phi) is 4.48. The highest BCUT2D eigenvalue weighted by atomic mass is 16.2. The fourth-order valence-electron chi connectivity index (χ4n) is 4.45. The highest BCUT2D eigenvalue weighted by Gasteiger charge is 2.37. The minimum atomic E-state index is -0.787. The molecule has 4 aromatic carbocycles. The van der Waals surface area contributed by atoms with Crippen LogP contribution in [-0.2, 0) is 16.6 Å². The fraction of sp³-hybridized carbons (Fsp3) is 0.107. The van der Waals surface area contributed by atoms with E-state index in [2.05, 4.69) is 41.7 Å².